The van der Waals surface area contributed by atoms with Gasteiger partial charge in [0, 0.05) is 24.7 Å². The number of nitrogens with one attached hydrogen (secondary N) is 2. The molecule has 8 heteroatoms. The van der Waals surface area contributed by atoms with Crippen LogP contribution in [0.5, 0.6) is 5.75 Å². The van der Waals surface area contributed by atoms with Crippen LogP contribution in [0.3, 0.4) is 0 Å². The molecular weight excluding hydrogens is 370 g/mol. The fraction of sp³-hybridized carbons (Fsp3) is 0.476. The molecule has 1 aromatic carbocycles. The second kappa shape index (κ2) is 6.50. The van der Waals surface area contributed by atoms with Crippen LogP contribution in [0.15, 0.2) is 24.3 Å². The van der Waals surface area contributed by atoms with Crippen molar-refractivity contribution >= 4 is 11.8 Å². The molecular formula is C21H21N5O3. The first-order valence-corrected chi connectivity index (χ1v) is 9.19. The van der Waals surface area contributed by atoms with Gasteiger partial charge in [0.1, 0.15) is 11.4 Å². The van der Waals surface area contributed by atoms with E-state index in [1.54, 1.807) is 38.1 Å². The van der Waals surface area contributed by atoms with E-state index in [-0.39, 0.29) is 5.91 Å². The van der Waals surface area contributed by atoms with Gasteiger partial charge >= 0.3 is 0 Å². The van der Waals surface area contributed by atoms with Gasteiger partial charge < -0.3 is 15.4 Å². The number of hydrogen-bond donors (Lipinski definition) is 2. The molecule has 148 valence electrons. The Labute approximate surface area is 169 Å². The van der Waals surface area contributed by atoms with Crippen LogP contribution >= 0.6 is 0 Å². The van der Waals surface area contributed by atoms with Gasteiger partial charge in [-0.3, -0.25) is 9.59 Å². The number of benzene rings is 1. The fourth-order valence-electron chi connectivity index (χ4n) is 5.32. The maximum Gasteiger partial charge on any atom is 0.245 e. The van der Waals surface area contributed by atoms with E-state index in [1.165, 1.54) is 14.0 Å². The van der Waals surface area contributed by atoms with E-state index in [1.807, 2.05) is 18.2 Å². The summed E-state index contributed by atoms with van der Waals surface area (Å²) in [7, 11) is 1.52. The molecule has 8 nitrogen and oxygen atoms in total. The minimum atomic E-state index is -1.95. The van der Waals surface area contributed by atoms with Gasteiger partial charge in [0.05, 0.1) is 25.3 Å². The average molecular weight is 391 g/mol. The van der Waals surface area contributed by atoms with Crippen LogP contribution < -0.4 is 15.4 Å². The van der Waals surface area contributed by atoms with Crippen LogP contribution in [-0.2, 0) is 9.59 Å². The van der Waals surface area contributed by atoms with E-state index in [2.05, 4.69) is 10.6 Å². The van der Waals surface area contributed by atoms with Gasteiger partial charge in [0.2, 0.25) is 11.8 Å². The van der Waals surface area contributed by atoms with Gasteiger partial charge in [-0.15, -0.1) is 0 Å². The largest absolute Gasteiger partial charge is 0.497 e. The summed E-state index contributed by atoms with van der Waals surface area (Å²) in [6.07, 6.45) is 0. The molecule has 1 aliphatic carbocycles. The van der Waals surface area contributed by atoms with E-state index in [9.17, 15) is 25.4 Å². The minimum Gasteiger partial charge on any atom is -0.497 e. The van der Waals surface area contributed by atoms with Gasteiger partial charge in [-0.1, -0.05) is 26.0 Å². The number of carbonyl (C=O) groups excluding carboxylic acids is 2. The second-order valence-electron chi connectivity index (χ2n) is 7.72. The number of rotatable bonds is 3. The molecule has 1 saturated heterocycles. The molecule has 0 spiro atoms. The van der Waals surface area contributed by atoms with Crippen molar-refractivity contribution in [2.45, 2.75) is 32.4 Å². The number of fused-ring (bicyclic) bond motifs is 2. The number of ether oxygens (including phenoxy) is 1. The number of nitrogens with zero attached hydrogens (tertiary/aromatic N) is 3. The highest BCUT2D eigenvalue weighted by molar-refractivity contribution is 5.94. The molecule has 0 radical (unpaired) electrons. The van der Waals surface area contributed by atoms with E-state index in [0.29, 0.717) is 11.3 Å². The number of hydrogen-bond acceptors (Lipinski definition) is 6. The molecule has 1 saturated carbocycles. The number of nitriles is 3. The average Bonchev–Trinajstić information content (AvgIpc) is 2.89. The Hall–Kier alpha value is -3.57. The van der Waals surface area contributed by atoms with Gasteiger partial charge in [0.25, 0.3) is 0 Å². The highest BCUT2D eigenvalue weighted by Gasteiger charge is 2.80. The Kier molecular flexibility index (Phi) is 4.52. The van der Waals surface area contributed by atoms with Crippen LogP contribution in [0.4, 0.5) is 0 Å². The predicted molar refractivity (Wildman–Crippen MR) is 100 cm³/mol. The Balaban J connectivity index is 2.36. The van der Waals surface area contributed by atoms with Crippen LogP contribution in [0, 0.1) is 56.7 Å². The van der Waals surface area contributed by atoms with E-state index >= 15 is 0 Å². The summed E-state index contributed by atoms with van der Waals surface area (Å²) in [4.78, 5) is 25.2. The summed E-state index contributed by atoms with van der Waals surface area (Å²) in [5, 5.41) is 36.1. The van der Waals surface area contributed by atoms with E-state index in [4.69, 9.17) is 4.74 Å². The molecule has 1 heterocycles. The Morgan fingerprint density at radius 1 is 1.14 bits per heavy atom. The second-order valence-corrected chi connectivity index (χ2v) is 7.72. The Morgan fingerprint density at radius 2 is 1.72 bits per heavy atom. The standard InChI is InChI=1S/C21H21N5O3/c1-12-17(15-5-7-16(29-4)8-6-15)19(9-22,10-23)20(11-24)13(2)21(12,25-14(3)27)26-18(20)28/h5-8,12-13,17H,1-4H3,(H,25,27)(H,26,28)/t12-,13-,17-,20+,21+/m0/s1. The quantitative estimate of drug-likeness (QED) is 0.802. The molecule has 2 bridgehead atoms. The lowest BCUT2D eigenvalue weighted by atomic mass is 9.44. The minimum absolute atomic E-state index is 0.382. The highest BCUT2D eigenvalue weighted by atomic mass is 16.5. The molecule has 1 aliphatic heterocycles. The first-order valence-electron chi connectivity index (χ1n) is 9.19. The SMILES string of the molecule is COc1ccc([C@@H]2[C@H](C)[C@@]3(NC(C)=O)NC(=O)[C@@](C#N)([C@@H]3C)C2(C#N)C#N)cc1. The van der Waals surface area contributed by atoms with E-state index < -0.39 is 40.2 Å². The van der Waals surface area contributed by atoms with Crippen molar-refractivity contribution in [3.8, 4) is 24.0 Å². The Bertz CT molecular complexity index is 985. The van der Waals surface area contributed by atoms with Crippen LogP contribution in [0.25, 0.3) is 0 Å². The van der Waals surface area contributed by atoms with Gasteiger partial charge in [-0.2, -0.15) is 15.8 Å². The summed E-state index contributed by atoms with van der Waals surface area (Å²) in [5.41, 5.74) is -4.55. The molecule has 2 N–H and O–H groups in total. The van der Waals surface area contributed by atoms with Crippen LogP contribution in [-0.4, -0.2) is 24.6 Å². The monoisotopic (exact) mass is 391 g/mol. The lowest BCUT2D eigenvalue weighted by Crippen LogP contribution is -2.69. The molecule has 29 heavy (non-hydrogen) atoms. The number of methoxy groups -OCH3 is 1. The molecule has 0 unspecified atom stereocenters. The summed E-state index contributed by atoms with van der Waals surface area (Å²) >= 11 is 0. The van der Waals surface area contributed by atoms with Crippen molar-refractivity contribution in [3.05, 3.63) is 29.8 Å². The topological polar surface area (TPSA) is 139 Å². The molecule has 2 fully saturated rings. The molecule has 0 aromatic heterocycles. The smallest absolute Gasteiger partial charge is 0.245 e. The van der Waals surface area contributed by atoms with Crippen molar-refractivity contribution in [3.63, 3.8) is 0 Å². The van der Waals surface area contributed by atoms with Crippen LogP contribution in [0.1, 0.15) is 32.3 Å². The molecule has 3 rings (SSSR count). The van der Waals surface area contributed by atoms with Crippen molar-refractivity contribution in [2.75, 3.05) is 7.11 Å². The van der Waals surface area contributed by atoms with Gasteiger partial charge in [0.15, 0.2) is 10.8 Å². The van der Waals surface area contributed by atoms with Crippen molar-refractivity contribution < 1.29 is 14.3 Å². The first-order chi connectivity index (χ1) is 13.7. The Morgan fingerprint density at radius 3 is 2.17 bits per heavy atom. The summed E-state index contributed by atoms with van der Waals surface area (Å²) in [6, 6.07) is 12.9. The molecule has 2 amide bonds. The first kappa shape index (κ1) is 20.2. The van der Waals surface area contributed by atoms with Crippen molar-refractivity contribution in [1.82, 2.24) is 10.6 Å². The molecule has 5 atom stereocenters. The lowest BCUT2D eigenvalue weighted by Gasteiger charge is -2.54. The maximum atomic E-state index is 13.2. The predicted octanol–water partition coefficient (Wildman–Crippen LogP) is 1.57. The number of carbonyl (C=O) groups is 2. The van der Waals surface area contributed by atoms with Crippen molar-refractivity contribution in [1.29, 1.82) is 15.8 Å². The third kappa shape index (κ3) is 2.22. The normalized spacial score (nSPS) is 34.1. The maximum absolute atomic E-state index is 13.2. The van der Waals surface area contributed by atoms with E-state index in [0.717, 1.165) is 0 Å². The highest BCUT2D eigenvalue weighted by Crippen LogP contribution is 2.66. The third-order valence-electron chi connectivity index (χ3n) is 6.70. The third-order valence-corrected chi connectivity index (χ3v) is 6.70. The van der Waals surface area contributed by atoms with Crippen LogP contribution in [0.2, 0.25) is 0 Å². The lowest BCUT2D eigenvalue weighted by molar-refractivity contribution is -0.131. The molecule has 2 aliphatic rings. The van der Waals surface area contributed by atoms with Gasteiger partial charge in [-0.25, -0.2) is 0 Å². The van der Waals surface area contributed by atoms with Gasteiger partial charge in [-0.05, 0) is 17.7 Å². The zero-order valence-electron chi connectivity index (χ0n) is 16.6. The zero-order valence-corrected chi connectivity index (χ0v) is 16.6. The summed E-state index contributed by atoms with van der Waals surface area (Å²) in [6.45, 7) is 4.73. The van der Waals surface area contributed by atoms with Crippen molar-refractivity contribution in [2.24, 2.45) is 22.7 Å². The fourth-order valence-corrected chi connectivity index (χ4v) is 5.32. The number of amides is 2. The summed E-state index contributed by atoms with van der Waals surface area (Å²) < 4.78 is 5.18. The molecule has 1 aromatic rings. The summed E-state index contributed by atoms with van der Waals surface area (Å²) in [5.74, 6) is -2.68. The zero-order chi connectivity index (χ0) is 21.6.